The van der Waals surface area contributed by atoms with Gasteiger partial charge >= 0.3 is 18.3 Å². The number of carboxylic acids is 1. The third-order valence-electron chi connectivity index (χ3n) is 6.52. The average Bonchev–Trinajstić information content (AvgIpc) is 3.20. The van der Waals surface area contributed by atoms with Crippen LogP contribution in [0.15, 0.2) is 42.5 Å². The van der Waals surface area contributed by atoms with Crippen LogP contribution in [0.1, 0.15) is 60.5 Å². The highest BCUT2D eigenvalue weighted by Gasteiger charge is 2.42. The molecule has 198 valence electrons. The lowest BCUT2D eigenvalue weighted by Gasteiger charge is -2.33. The fraction of sp³-hybridized carbons (Fsp3) is 0.480. The van der Waals surface area contributed by atoms with Crippen molar-refractivity contribution in [1.29, 1.82) is 0 Å². The maximum Gasteiger partial charge on any atom is 0.416 e. The highest BCUT2D eigenvalue weighted by molar-refractivity contribution is 5.66. The predicted molar refractivity (Wildman–Crippen MR) is 117 cm³/mol. The molecule has 2 aromatic carbocycles. The summed E-state index contributed by atoms with van der Waals surface area (Å²) in [6.45, 7) is 1.61. The molecule has 4 atom stereocenters. The van der Waals surface area contributed by atoms with Gasteiger partial charge < -0.3 is 14.7 Å². The van der Waals surface area contributed by atoms with Crippen LogP contribution in [0.25, 0.3) is 0 Å². The number of alkyl halides is 6. The van der Waals surface area contributed by atoms with Crippen molar-refractivity contribution in [1.82, 2.24) is 4.90 Å². The first-order chi connectivity index (χ1) is 16.7. The number of nitrogens with zero attached hydrogens (tertiary/aromatic N) is 1. The third kappa shape index (κ3) is 6.76. The lowest BCUT2D eigenvalue weighted by Crippen LogP contribution is -2.38. The van der Waals surface area contributed by atoms with Crippen molar-refractivity contribution < 1.29 is 45.4 Å². The van der Waals surface area contributed by atoms with E-state index >= 15 is 0 Å². The van der Waals surface area contributed by atoms with Crippen molar-refractivity contribution >= 4 is 5.97 Å². The molecule has 1 aliphatic carbocycles. The number of benzene rings is 2. The highest BCUT2D eigenvalue weighted by atomic mass is 19.4. The van der Waals surface area contributed by atoms with Gasteiger partial charge in [0.25, 0.3) is 0 Å². The first-order valence-corrected chi connectivity index (χ1v) is 11.3. The van der Waals surface area contributed by atoms with Crippen LogP contribution >= 0.6 is 0 Å². The third-order valence-corrected chi connectivity index (χ3v) is 6.52. The predicted octanol–water partition coefficient (Wildman–Crippen LogP) is 6.66. The molecule has 0 unspecified atom stereocenters. The molecule has 0 aliphatic heterocycles. The molecule has 1 N–H and O–H groups in total. The molecule has 2 aromatic rings. The summed E-state index contributed by atoms with van der Waals surface area (Å²) in [6, 6.07) is 6.76. The van der Waals surface area contributed by atoms with Crippen molar-refractivity contribution in [3.05, 3.63) is 70.5 Å². The minimum Gasteiger partial charge on any atom is -0.481 e. The summed E-state index contributed by atoms with van der Waals surface area (Å²) in [5, 5.41) is 9.02. The van der Waals surface area contributed by atoms with E-state index < -0.39 is 53.4 Å². The molecule has 0 amide bonds. The summed E-state index contributed by atoms with van der Waals surface area (Å²) in [6.07, 6.45) is -10.8. The highest BCUT2D eigenvalue weighted by Crippen LogP contribution is 2.43. The quantitative estimate of drug-likeness (QED) is 0.395. The van der Waals surface area contributed by atoms with Crippen molar-refractivity contribution in [3.63, 3.8) is 0 Å². The fourth-order valence-electron chi connectivity index (χ4n) is 4.70. The minimum absolute atomic E-state index is 0.0700. The lowest BCUT2D eigenvalue weighted by molar-refractivity contribution is -0.143. The van der Waals surface area contributed by atoms with Gasteiger partial charge in [0, 0.05) is 18.5 Å². The largest absolute Gasteiger partial charge is 0.481 e. The van der Waals surface area contributed by atoms with E-state index in [1.54, 1.807) is 19.2 Å². The molecule has 36 heavy (non-hydrogen) atoms. The van der Waals surface area contributed by atoms with Gasteiger partial charge in [0.05, 0.1) is 29.8 Å². The Balaban J connectivity index is 1.91. The molecule has 11 heteroatoms. The summed E-state index contributed by atoms with van der Waals surface area (Å²) in [5.41, 5.74) is -2.43. The number of carboxylic acid groups (broad SMARTS) is 1. The summed E-state index contributed by atoms with van der Waals surface area (Å²) < 4.78 is 99.4. The van der Waals surface area contributed by atoms with Gasteiger partial charge in [0.15, 0.2) is 0 Å². The maximum absolute atomic E-state index is 13.5. The number of likely N-dealkylation sites (N-methyl/N-ethyl adjacent to an activating group) is 1. The molecule has 0 bridgehead atoms. The van der Waals surface area contributed by atoms with Crippen molar-refractivity contribution in [3.8, 4) is 0 Å². The summed E-state index contributed by atoms with van der Waals surface area (Å²) in [4.78, 5) is 12.9. The Bertz CT molecular complexity index is 1020. The van der Waals surface area contributed by atoms with Crippen LogP contribution in [0, 0.1) is 5.82 Å². The number of carbonyl (C=O) groups is 1. The molecule has 0 heterocycles. The topological polar surface area (TPSA) is 49.8 Å². The number of ether oxygens (including phenoxy) is 1. The van der Waals surface area contributed by atoms with Crippen molar-refractivity contribution in [2.75, 3.05) is 13.6 Å². The first kappa shape index (κ1) is 27.9. The van der Waals surface area contributed by atoms with Crippen molar-refractivity contribution in [2.45, 2.75) is 62.7 Å². The van der Waals surface area contributed by atoms with E-state index in [0.717, 1.165) is 0 Å². The number of hydrogen-bond acceptors (Lipinski definition) is 3. The van der Waals surface area contributed by atoms with E-state index in [0.29, 0.717) is 30.5 Å². The Morgan fingerprint density at radius 2 is 1.58 bits per heavy atom. The average molecular weight is 521 g/mol. The first-order valence-electron chi connectivity index (χ1n) is 11.3. The second-order valence-electron chi connectivity index (χ2n) is 9.00. The van der Waals surface area contributed by atoms with Gasteiger partial charge in [-0.2, -0.15) is 26.3 Å². The molecule has 1 saturated carbocycles. The summed E-state index contributed by atoms with van der Waals surface area (Å²) in [5.74, 6) is -1.86. The number of rotatable bonds is 8. The molecule has 4 nitrogen and oxygen atoms in total. The monoisotopic (exact) mass is 521 g/mol. The maximum atomic E-state index is 13.5. The molecule has 1 aliphatic rings. The van der Waals surface area contributed by atoms with Gasteiger partial charge in [-0.15, -0.1) is 0 Å². The Morgan fingerprint density at radius 1 is 1.03 bits per heavy atom. The molecule has 0 aromatic heterocycles. The smallest absolute Gasteiger partial charge is 0.416 e. The molecule has 0 spiro atoms. The zero-order chi connectivity index (χ0) is 26.8. The summed E-state index contributed by atoms with van der Waals surface area (Å²) >= 11 is 0. The zero-order valence-electron chi connectivity index (χ0n) is 19.5. The number of hydrogen-bond donors (Lipinski definition) is 1. The number of aliphatic carboxylic acids is 1. The van der Waals surface area contributed by atoms with Crippen LogP contribution in [-0.4, -0.2) is 41.7 Å². The Morgan fingerprint density at radius 3 is 2.08 bits per heavy atom. The molecule has 1 fully saturated rings. The second kappa shape index (κ2) is 10.8. The zero-order valence-corrected chi connectivity index (χ0v) is 19.5. The van der Waals surface area contributed by atoms with Crippen LogP contribution in [0.4, 0.5) is 30.7 Å². The van der Waals surface area contributed by atoms with Gasteiger partial charge in [0.2, 0.25) is 0 Å². The van der Waals surface area contributed by atoms with E-state index in [9.17, 15) is 35.5 Å². The van der Waals surface area contributed by atoms with E-state index in [-0.39, 0.29) is 30.6 Å². The van der Waals surface area contributed by atoms with Crippen LogP contribution in [0.3, 0.4) is 0 Å². The van der Waals surface area contributed by atoms with Gasteiger partial charge in [-0.3, -0.25) is 4.79 Å². The molecule has 3 rings (SSSR count). The SMILES string of the molecule is C[C@@H](O[C@H]1CC[C@@H](N(C)CCC(=O)O)[C@@H]1c1ccc(F)cc1)c1cc(C(F)(F)F)cc(C(F)(F)F)c1. The lowest BCUT2D eigenvalue weighted by atomic mass is 9.91. The van der Waals surface area contributed by atoms with E-state index in [2.05, 4.69) is 0 Å². The van der Waals surface area contributed by atoms with E-state index in [1.165, 1.54) is 19.1 Å². The van der Waals surface area contributed by atoms with Gasteiger partial charge in [-0.25, -0.2) is 4.39 Å². The Labute approximate surface area is 203 Å². The fourth-order valence-corrected chi connectivity index (χ4v) is 4.70. The molecular weight excluding hydrogens is 495 g/mol. The minimum atomic E-state index is -4.97. The Hall–Kier alpha value is -2.66. The normalized spacial score (nSPS) is 21.7. The standard InChI is InChI=1S/C25H26F7NO3/c1-14(16-11-17(24(27,28)29)13-18(12-16)25(30,31)32)36-21-8-7-20(33(2)10-9-22(34)35)23(21)15-3-5-19(26)6-4-15/h3-6,11-14,20-21,23H,7-10H2,1-2H3,(H,34,35)/t14-,20-,21+,23+/m1/s1. The van der Waals surface area contributed by atoms with Crippen LogP contribution in [0.5, 0.6) is 0 Å². The van der Waals surface area contributed by atoms with Gasteiger partial charge in [0.1, 0.15) is 5.82 Å². The number of halogens is 7. The van der Waals surface area contributed by atoms with Gasteiger partial charge in [-0.05, 0) is 68.3 Å². The molecule has 0 radical (unpaired) electrons. The van der Waals surface area contributed by atoms with E-state index in [1.807, 2.05) is 4.90 Å². The molecule has 0 saturated heterocycles. The van der Waals surface area contributed by atoms with Crippen LogP contribution in [0.2, 0.25) is 0 Å². The van der Waals surface area contributed by atoms with Crippen molar-refractivity contribution in [2.24, 2.45) is 0 Å². The Kier molecular flexibility index (Phi) is 8.34. The van der Waals surface area contributed by atoms with E-state index in [4.69, 9.17) is 9.84 Å². The second-order valence-corrected chi connectivity index (χ2v) is 9.00. The van der Waals surface area contributed by atoms with Crippen LogP contribution < -0.4 is 0 Å². The molecular formula is C25H26F7NO3. The van der Waals surface area contributed by atoms with Crippen LogP contribution in [-0.2, 0) is 21.9 Å². The van der Waals surface area contributed by atoms with Gasteiger partial charge in [-0.1, -0.05) is 12.1 Å². The summed E-state index contributed by atoms with van der Waals surface area (Å²) in [7, 11) is 1.73.